The third-order valence-corrected chi connectivity index (χ3v) is 4.77. The van der Waals surface area contributed by atoms with Crippen molar-refractivity contribution < 1.29 is 0 Å². The predicted molar refractivity (Wildman–Crippen MR) is 89.6 cm³/mol. The number of nitrogens with zero attached hydrogens (tertiary/aromatic N) is 2. The minimum atomic E-state index is 0.478. The zero-order chi connectivity index (χ0) is 14.5. The van der Waals surface area contributed by atoms with Gasteiger partial charge in [-0.15, -0.1) is 0 Å². The number of likely N-dealkylation sites (N-methyl/N-ethyl adjacent to an activating group) is 1. The van der Waals surface area contributed by atoms with Crippen LogP contribution in [0.25, 0.3) is 10.9 Å². The molecule has 110 valence electrons. The SMILES string of the molecule is CCn1nc(CC(CSC(C)C)NC)c2ccccc21. The van der Waals surface area contributed by atoms with E-state index in [1.165, 1.54) is 16.6 Å². The molecular weight excluding hydrogens is 266 g/mol. The van der Waals surface area contributed by atoms with Crippen molar-refractivity contribution in [1.29, 1.82) is 0 Å². The fourth-order valence-corrected chi connectivity index (χ4v) is 3.28. The van der Waals surface area contributed by atoms with Crippen LogP contribution >= 0.6 is 11.8 Å². The van der Waals surface area contributed by atoms with Crippen molar-refractivity contribution in [3.05, 3.63) is 30.0 Å². The Morgan fingerprint density at radius 2 is 2.05 bits per heavy atom. The van der Waals surface area contributed by atoms with E-state index in [0.29, 0.717) is 11.3 Å². The fraction of sp³-hybridized carbons (Fsp3) is 0.562. The van der Waals surface area contributed by atoms with Crippen LogP contribution < -0.4 is 5.32 Å². The second-order valence-electron chi connectivity index (χ2n) is 5.35. The zero-order valence-electron chi connectivity index (χ0n) is 12.9. The molecule has 0 saturated carbocycles. The van der Waals surface area contributed by atoms with Gasteiger partial charge in [-0.3, -0.25) is 4.68 Å². The third-order valence-electron chi connectivity index (χ3n) is 3.51. The molecule has 1 aromatic heterocycles. The van der Waals surface area contributed by atoms with Crippen molar-refractivity contribution in [1.82, 2.24) is 15.1 Å². The molecular formula is C16H25N3S. The quantitative estimate of drug-likeness (QED) is 0.848. The number of thioether (sulfide) groups is 1. The van der Waals surface area contributed by atoms with Crippen molar-refractivity contribution in [3.63, 3.8) is 0 Å². The summed E-state index contributed by atoms with van der Waals surface area (Å²) < 4.78 is 2.10. The van der Waals surface area contributed by atoms with E-state index in [0.717, 1.165) is 18.7 Å². The maximum absolute atomic E-state index is 4.79. The van der Waals surface area contributed by atoms with Crippen LogP contribution in [0.2, 0.25) is 0 Å². The predicted octanol–water partition coefficient (Wildman–Crippen LogP) is 3.33. The average molecular weight is 291 g/mol. The molecule has 0 amide bonds. The van der Waals surface area contributed by atoms with Crippen molar-refractivity contribution in [2.45, 2.75) is 45.0 Å². The zero-order valence-corrected chi connectivity index (χ0v) is 13.7. The molecule has 0 fully saturated rings. The van der Waals surface area contributed by atoms with Gasteiger partial charge in [0.1, 0.15) is 0 Å². The van der Waals surface area contributed by atoms with Crippen LogP contribution in [-0.2, 0) is 13.0 Å². The molecule has 0 saturated heterocycles. The Balaban J connectivity index is 2.19. The molecule has 0 aliphatic heterocycles. The topological polar surface area (TPSA) is 29.9 Å². The summed E-state index contributed by atoms with van der Waals surface area (Å²) in [6.45, 7) is 7.57. The standard InChI is InChI=1S/C16H25N3S/c1-5-19-16-9-7-6-8-14(16)15(18-19)10-13(17-4)11-20-12(2)3/h6-9,12-13,17H,5,10-11H2,1-4H3. The Bertz CT molecular complexity index is 548. The van der Waals surface area contributed by atoms with Crippen LogP contribution in [-0.4, -0.2) is 33.9 Å². The minimum Gasteiger partial charge on any atom is -0.316 e. The van der Waals surface area contributed by atoms with Gasteiger partial charge >= 0.3 is 0 Å². The Morgan fingerprint density at radius 3 is 2.70 bits per heavy atom. The summed E-state index contributed by atoms with van der Waals surface area (Å²) in [5, 5.41) is 10.2. The van der Waals surface area contributed by atoms with E-state index in [1.807, 2.05) is 18.8 Å². The highest BCUT2D eigenvalue weighted by molar-refractivity contribution is 7.99. The number of hydrogen-bond acceptors (Lipinski definition) is 3. The Morgan fingerprint density at radius 1 is 1.30 bits per heavy atom. The fourth-order valence-electron chi connectivity index (χ4n) is 2.37. The molecule has 4 heteroatoms. The molecule has 0 spiro atoms. The monoisotopic (exact) mass is 291 g/mol. The van der Waals surface area contributed by atoms with Gasteiger partial charge in [0.15, 0.2) is 0 Å². The highest BCUT2D eigenvalue weighted by atomic mass is 32.2. The number of nitrogens with one attached hydrogen (secondary N) is 1. The van der Waals surface area contributed by atoms with Gasteiger partial charge in [-0.1, -0.05) is 32.0 Å². The van der Waals surface area contributed by atoms with Crippen LogP contribution in [0.1, 0.15) is 26.5 Å². The largest absolute Gasteiger partial charge is 0.316 e. The highest BCUT2D eigenvalue weighted by Gasteiger charge is 2.14. The lowest BCUT2D eigenvalue weighted by molar-refractivity contribution is 0.592. The molecule has 1 unspecified atom stereocenters. The Hall–Kier alpha value is -1.00. The van der Waals surface area contributed by atoms with Crippen LogP contribution in [0.4, 0.5) is 0 Å². The second kappa shape index (κ2) is 7.14. The lowest BCUT2D eigenvalue weighted by Gasteiger charge is -2.16. The first-order valence-electron chi connectivity index (χ1n) is 7.39. The smallest absolute Gasteiger partial charge is 0.0719 e. The molecule has 1 atom stereocenters. The summed E-state index contributed by atoms with van der Waals surface area (Å²) >= 11 is 2.00. The van der Waals surface area contributed by atoms with Gasteiger partial charge < -0.3 is 5.32 Å². The van der Waals surface area contributed by atoms with Gasteiger partial charge in [-0.25, -0.2) is 0 Å². The summed E-state index contributed by atoms with van der Waals surface area (Å²) in [5.74, 6) is 1.13. The second-order valence-corrected chi connectivity index (χ2v) is 6.96. The number of hydrogen-bond donors (Lipinski definition) is 1. The van der Waals surface area contributed by atoms with Gasteiger partial charge in [-0.05, 0) is 25.3 Å². The molecule has 0 radical (unpaired) electrons. The van der Waals surface area contributed by atoms with E-state index < -0.39 is 0 Å². The van der Waals surface area contributed by atoms with Crippen LogP contribution in [0.15, 0.2) is 24.3 Å². The molecule has 0 aliphatic rings. The van der Waals surface area contributed by atoms with Gasteiger partial charge in [-0.2, -0.15) is 16.9 Å². The minimum absolute atomic E-state index is 0.478. The first-order chi connectivity index (χ1) is 9.65. The van der Waals surface area contributed by atoms with E-state index in [2.05, 4.69) is 55.0 Å². The van der Waals surface area contributed by atoms with Crippen molar-refractivity contribution in [2.24, 2.45) is 0 Å². The van der Waals surface area contributed by atoms with Crippen LogP contribution in [0.5, 0.6) is 0 Å². The van der Waals surface area contributed by atoms with Gasteiger partial charge in [0.2, 0.25) is 0 Å². The van der Waals surface area contributed by atoms with Gasteiger partial charge in [0, 0.05) is 30.1 Å². The number of aromatic nitrogens is 2. The number of rotatable bonds is 7. The molecule has 0 aliphatic carbocycles. The number of para-hydroxylation sites is 1. The molecule has 2 rings (SSSR count). The van der Waals surface area contributed by atoms with Gasteiger partial charge in [0.25, 0.3) is 0 Å². The summed E-state index contributed by atoms with van der Waals surface area (Å²) in [6, 6.07) is 9.01. The molecule has 2 aromatic rings. The van der Waals surface area contributed by atoms with Crippen molar-refractivity contribution in [2.75, 3.05) is 12.8 Å². The van der Waals surface area contributed by atoms with E-state index >= 15 is 0 Å². The van der Waals surface area contributed by atoms with E-state index in [1.54, 1.807) is 0 Å². The summed E-state index contributed by atoms with van der Waals surface area (Å²) in [6.07, 6.45) is 0.990. The average Bonchev–Trinajstić information content (AvgIpc) is 2.81. The maximum atomic E-state index is 4.79. The van der Waals surface area contributed by atoms with Crippen LogP contribution in [0.3, 0.4) is 0 Å². The van der Waals surface area contributed by atoms with Crippen LogP contribution in [0, 0.1) is 0 Å². The van der Waals surface area contributed by atoms with Crippen molar-refractivity contribution in [3.8, 4) is 0 Å². The molecule has 1 aromatic carbocycles. The Kier molecular flexibility index (Phi) is 5.49. The lowest BCUT2D eigenvalue weighted by atomic mass is 10.1. The first-order valence-corrected chi connectivity index (χ1v) is 8.43. The van der Waals surface area contributed by atoms with Gasteiger partial charge in [0.05, 0.1) is 11.2 Å². The number of aryl methyl sites for hydroxylation is 1. The van der Waals surface area contributed by atoms with Crippen molar-refractivity contribution >= 4 is 22.7 Å². The Labute approximate surface area is 126 Å². The molecule has 20 heavy (non-hydrogen) atoms. The summed E-state index contributed by atoms with van der Waals surface area (Å²) in [4.78, 5) is 0. The maximum Gasteiger partial charge on any atom is 0.0719 e. The summed E-state index contributed by atoms with van der Waals surface area (Å²) in [5.41, 5.74) is 2.46. The highest BCUT2D eigenvalue weighted by Crippen LogP contribution is 2.21. The molecule has 3 nitrogen and oxygen atoms in total. The van der Waals surface area contributed by atoms with E-state index in [-0.39, 0.29) is 0 Å². The third kappa shape index (κ3) is 3.55. The summed E-state index contributed by atoms with van der Waals surface area (Å²) in [7, 11) is 2.05. The van der Waals surface area contributed by atoms with E-state index in [4.69, 9.17) is 5.10 Å². The normalized spacial score (nSPS) is 13.2. The molecule has 1 heterocycles. The number of benzene rings is 1. The van der Waals surface area contributed by atoms with E-state index in [9.17, 15) is 0 Å². The molecule has 0 bridgehead atoms. The molecule has 1 N–H and O–H groups in total. The number of fused-ring (bicyclic) bond motifs is 1. The first kappa shape index (κ1) is 15.4. The lowest BCUT2D eigenvalue weighted by Crippen LogP contribution is -2.30.